The Balaban J connectivity index is 5.22. The number of hydrogen-bond acceptors (Lipinski definition) is 1. The highest BCUT2D eigenvalue weighted by Crippen LogP contribution is 2.48. The molecular formula is C16H33ClO. The number of halogens is 1. The van der Waals surface area contributed by atoms with Gasteiger partial charge < -0.3 is 4.74 Å². The van der Waals surface area contributed by atoms with E-state index < -0.39 is 0 Å². The Morgan fingerprint density at radius 3 is 1.72 bits per heavy atom. The maximum absolute atomic E-state index is 6.29. The number of ether oxygens (including phenoxy) is 1. The molecule has 0 amide bonds. The normalized spacial score (nSPS) is 21.2. The summed E-state index contributed by atoms with van der Waals surface area (Å²) in [4.78, 5) is 0. The average Bonchev–Trinajstić information content (AvgIpc) is 2.27. The van der Waals surface area contributed by atoms with Crippen LogP contribution in [0.3, 0.4) is 0 Å². The summed E-state index contributed by atoms with van der Waals surface area (Å²) < 4.78 is 5.75. The highest BCUT2D eigenvalue weighted by molar-refractivity contribution is 6.18. The van der Waals surface area contributed by atoms with Gasteiger partial charge in [0, 0.05) is 13.0 Å². The third kappa shape index (κ3) is 4.42. The van der Waals surface area contributed by atoms with Crippen molar-refractivity contribution in [3.63, 3.8) is 0 Å². The van der Waals surface area contributed by atoms with E-state index in [-0.39, 0.29) is 16.4 Å². The number of hydrogen-bond donors (Lipinski definition) is 0. The Morgan fingerprint density at radius 2 is 1.50 bits per heavy atom. The third-order valence-electron chi connectivity index (χ3n) is 4.87. The fourth-order valence-corrected chi connectivity index (χ4v) is 3.99. The first kappa shape index (κ1) is 18.2. The van der Waals surface area contributed by atoms with E-state index in [1.807, 2.05) is 7.11 Å². The van der Waals surface area contributed by atoms with E-state index in [1.54, 1.807) is 0 Å². The van der Waals surface area contributed by atoms with Crippen LogP contribution in [0.15, 0.2) is 0 Å². The largest absolute Gasteiger partial charge is 0.379 e. The van der Waals surface area contributed by atoms with E-state index in [1.165, 1.54) is 0 Å². The van der Waals surface area contributed by atoms with Crippen LogP contribution >= 0.6 is 11.6 Å². The van der Waals surface area contributed by atoms with Gasteiger partial charge in [-0.3, -0.25) is 0 Å². The van der Waals surface area contributed by atoms with Gasteiger partial charge in [-0.1, -0.05) is 48.0 Å². The molecule has 3 unspecified atom stereocenters. The van der Waals surface area contributed by atoms with Crippen molar-refractivity contribution in [2.45, 2.75) is 73.3 Å². The van der Waals surface area contributed by atoms with Gasteiger partial charge in [0.2, 0.25) is 0 Å². The molecule has 0 aromatic heterocycles. The molecule has 0 saturated carbocycles. The van der Waals surface area contributed by atoms with Crippen LogP contribution < -0.4 is 0 Å². The van der Waals surface area contributed by atoms with Crippen LogP contribution in [-0.4, -0.2) is 18.6 Å². The maximum Gasteiger partial charge on any atom is 0.0653 e. The Hall–Kier alpha value is 0.250. The smallest absolute Gasteiger partial charge is 0.0653 e. The molecule has 1 nitrogen and oxygen atoms in total. The van der Waals surface area contributed by atoms with Crippen LogP contribution in [0.5, 0.6) is 0 Å². The molecule has 0 rings (SSSR count). The molecule has 0 aliphatic carbocycles. The quantitative estimate of drug-likeness (QED) is 0.557. The van der Waals surface area contributed by atoms with E-state index in [9.17, 15) is 0 Å². The molecule has 0 aliphatic rings. The molecule has 110 valence electrons. The molecule has 0 spiro atoms. The number of rotatable bonds is 7. The first-order chi connectivity index (χ1) is 8.08. The second kappa shape index (κ2) is 6.61. The van der Waals surface area contributed by atoms with Crippen molar-refractivity contribution in [1.29, 1.82) is 0 Å². The molecule has 0 aromatic rings. The molecule has 0 bridgehead atoms. The van der Waals surface area contributed by atoms with Gasteiger partial charge in [0.15, 0.2) is 0 Å². The molecule has 3 atom stereocenters. The minimum Gasteiger partial charge on any atom is -0.379 e. The Labute approximate surface area is 120 Å². The summed E-state index contributed by atoms with van der Waals surface area (Å²) in [6, 6.07) is 0. The van der Waals surface area contributed by atoms with Crippen molar-refractivity contribution in [1.82, 2.24) is 0 Å². The summed E-state index contributed by atoms with van der Waals surface area (Å²) in [6.07, 6.45) is 3.25. The minimum atomic E-state index is -0.0414. The Morgan fingerprint density at radius 1 is 1.00 bits per heavy atom. The monoisotopic (exact) mass is 276 g/mol. The minimum absolute atomic E-state index is 0.0414. The highest BCUT2D eigenvalue weighted by Gasteiger charge is 2.43. The summed E-state index contributed by atoms with van der Waals surface area (Å²) >= 11 is 6.29. The Kier molecular flexibility index (Phi) is 6.70. The van der Waals surface area contributed by atoms with Crippen molar-refractivity contribution in [3.05, 3.63) is 0 Å². The van der Waals surface area contributed by atoms with E-state index in [0.717, 1.165) is 25.1 Å². The summed E-state index contributed by atoms with van der Waals surface area (Å²) in [5.74, 6) is 1.22. The topological polar surface area (TPSA) is 9.23 Å². The summed E-state index contributed by atoms with van der Waals surface area (Å²) in [5.41, 5.74) is 0.413. The molecule has 0 fully saturated rings. The summed E-state index contributed by atoms with van der Waals surface area (Å²) in [7, 11) is 1.83. The second-order valence-electron chi connectivity index (χ2n) is 7.26. The average molecular weight is 277 g/mol. The molecular weight excluding hydrogens is 244 g/mol. The number of methoxy groups -OCH3 is 1. The van der Waals surface area contributed by atoms with Crippen molar-refractivity contribution in [3.8, 4) is 0 Å². The molecule has 2 heteroatoms. The van der Waals surface area contributed by atoms with Crippen LogP contribution in [0, 0.1) is 16.7 Å². The first-order valence-electron chi connectivity index (χ1n) is 7.19. The molecule has 0 saturated heterocycles. The van der Waals surface area contributed by atoms with Crippen LogP contribution in [0.25, 0.3) is 0 Å². The third-order valence-corrected chi connectivity index (χ3v) is 5.18. The standard InChI is InChI=1S/C16H33ClO/c1-9-15(6,12-16(7,10-2)18-8)13(11-17)14(3,4)5/h13H,9-12H2,1-8H3. The van der Waals surface area contributed by atoms with Gasteiger partial charge >= 0.3 is 0 Å². The zero-order chi connectivity index (χ0) is 14.6. The van der Waals surface area contributed by atoms with Crippen LogP contribution in [0.4, 0.5) is 0 Å². The molecule has 0 aromatic carbocycles. The van der Waals surface area contributed by atoms with Gasteiger partial charge in [0.25, 0.3) is 0 Å². The van der Waals surface area contributed by atoms with Crippen LogP contribution in [-0.2, 0) is 4.74 Å². The lowest BCUT2D eigenvalue weighted by atomic mass is 9.60. The fraction of sp³-hybridized carbons (Fsp3) is 1.00. The van der Waals surface area contributed by atoms with Gasteiger partial charge in [-0.25, -0.2) is 0 Å². The lowest BCUT2D eigenvalue weighted by Crippen LogP contribution is -2.43. The van der Waals surface area contributed by atoms with Crippen molar-refractivity contribution < 1.29 is 4.74 Å². The lowest BCUT2D eigenvalue weighted by Gasteiger charge is -2.47. The second-order valence-corrected chi connectivity index (χ2v) is 7.57. The van der Waals surface area contributed by atoms with E-state index >= 15 is 0 Å². The zero-order valence-corrected chi connectivity index (χ0v) is 14.4. The number of alkyl halides is 1. The lowest BCUT2D eigenvalue weighted by molar-refractivity contribution is -0.0606. The molecule has 18 heavy (non-hydrogen) atoms. The SMILES string of the molecule is CCC(C)(CC(C)(CC)C(CCl)C(C)(C)C)OC. The van der Waals surface area contributed by atoms with Gasteiger partial charge in [-0.15, -0.1) is 11.6 Å². The van der Waals surface area contributed by atoms with E-state index in [4.69, 9.17) is 16.3 Å². The van der Waals surface area contributed by atoms with Crippen molar-refractivity contribution in [2.75, 3.05) is 13.0 Å². The summed E-state index contributed by atoms with van der Waals surface area (Å²) in [6.45, 7) is 16.0. The predicted molar refractivity (Wildman–Crippen MR) is 82.4 cm³/mol. The van der Waals surface area contributed by atoms with Gasteiger partial charge in [0.1, 0.15) is 0 Å². The zero-order valence-electron chi connectivity index (χ0n) is 13.7. The molecule has 0 aliphatic heterocycles. The Bertz CT molecular complexity index is 240. The summed E-state index contributed by atoms with van der Waals surface area (Å²) in [5, 5.41) is 0. The highest BCUT2D eigenvalue weighted by atomic mass is 35.5. The van der Waals surface area contributed by atoms with Crippen LogP contribution in [0.1, 0.15) is 67.7 Å². The molecule has 0 heterocycles. The van der Waals surface area contributed by atoms with Crippen molar-refractivity contribution >= 4 is 11.6 Å². The van der Waals surface area contributed by atoms with E-state index in [0.29, 0.717) is 5.92 Å². The molecule has 0 radical (unpaired) electrons. The maximum atomic E-state index is 6.29. The van der Waals surface area contributed by atoms with Crippen molar-refractivity contribution in [2.24, 2.45) is 16.7 Å². The van der Waals surface area contributed by atoms with Gasteiger partial charge in [-0.05, 0) is 36.5 Å². The predicted octanol–water partition coefficient (Wildman–Crippen LogP) is 5.51. The van der Waals surface area contributed by atoms with Crippen LogP contribution in [0.2, 0.25) is 0 Å². The fourth-order valence-electron chi connectivity index (χ4n) is 3.15. The van der Waals surface area contributed by atoms with Gasteiger partial charge in [0.05, 0.1) is 5.60 Å². The van der Waals surface area contributed by atoms with Gasteiger partial charge in [-0.2, -0.15) is 0 Å². The molecule has 0 N–H and O–H groups in total. The first-order valence-corrected chi connectivity index (χ1v) is 7.73. The van der Waals surface area contributed by atoms with E-state index in [2.05, 4.69) is 48.5 Å².